The summed E-state index contributed by atoms with van der Waals surface area (Å²) < 4.78 is 7.44. The molecule has 2 unspecified atom stereocenters. The molecule has 1 fully saturated rings. The first-order valence-electron chi connectivity index (χ1n) is 10.2. The number of tetrazole rings is 1. The number of nitrogens with zero attached hydrogens (tertiary/aromatic N) is 5. The summed E-state index contributed by atoms with van der Waals surface area (Å²) in [5.74, 6) is -0.154. The second kappa shape index (κ2) is 9.59. The molecule has 0 bridgehead atoms. The molecule has 1 aliphatic rings. The number of anilines is 1. The van der Waals surface area contributed by atoms with Crippen molar-refractivity contribution in [2.75, 3.05) is 24.7 Å². The SMILES string of the molecule is CSc1nnnn1-c1cccc(NC(=O)c2ccc(CN3CC(C)OC(C)C3)cc2)c1. The van der Waals surface area contributed by atoms with Crippen LogP contribution in [0.2, 0.25) is 0 Å². The monoisotopic (exact) mass is 438 g/mol. The van der Waals surface area contributed by atoms with Gasteiger partial charge in [-0.1, -0.05) is 30.0 Å². The number of amides is 1. The zero-order valence-electron chi connectivity index (χ0n) is 17.9. The zero-order valence-corrected chi connectivity index (χ0v) is 18.7. The van der Waals surface area contributed by atoms with Gasteiger partial charge in [0, 0.05) is 30.9 Å². The maximum Gasteiger partial charge on any atom is 0.255 e. The summed E-state index contributed by atoms with van der Waals surface area (Å²) >= 11 is 1.46. The van der Waals surface area contributed by atoms with E-state index in [2.05, 4.69) is 39.6 Å². The van der Waals surface area contributed by atoms with E-state index in [0.29, 0.717) is 16.4 Å². The molecule has 1 saturated heterocycles. The lowest BCUT2D eigenvalue weighted by molar-refractivity contribution is -0.0704. The summed E-state index contributed by atoms with van der Waals surface area (Å²) in [5.41, 5.74) is 3.27. The van der Waals surface area contributed by atoms with E-state index in [-0.39, 0.29) is 18.1 Å². The number of thioether (sulfide) groups is 1. The van der Waals surface area contributed by atoms with Gasteiger partial charge in [-0.25, -0.2) is 0 Å². The number of rotatable bonds is 6. The smallest absolute Gasteiger partial charge is 0.255 e. The molecule has 1 aromatic heterocycles. The second-order valence-electron chi connectivity index (χ2n) is 7.73. The fraction of sp³-hybridized carbons (Fsp3) is 0.364. The minimum Gasteiger partial charge on any atom is -0.373 e. The molecule has 2 atom stereocenters. The molecule has 162 valence electrons. The van der Waals surface area contributed by atoms with Crippen LogP contribution in [-0.4, -0.2) is 62.6 Å². The molecule has 0 spiro atoms. The zero-order chi connectivity index (χ0) is 21.8. The van der Waals surface area contributed by atoms with E-state index in [0.717, 1.165) is 25.3 Å². The first-order chi connectivity index (χ1) is 15.0. The highest BCUT2D eigenvalue weighted by molar-refractivity contribution is 7.98. The van der Waals surface area contributed by atoms with Crippen molar-refractivity contribution >= 4 is 23.4 Å². The van der Waals surface area contributed by atoms with E-state index in [1.54, 1.807) is 4.68 Å². The van der Waals surface area contributed by atoms with Crippen molar-refractivity contribution in [3.63, 3.8) is 0 Å². The van der Waals surface area contributed by atoms with Crippen LogP contribution in [-0.2, 0) is 11.3 Å². The molecule has 2 heterocycles. The maximum absolute atomic E-state index is 12.7. The number of carbonyl (C=O) groups excluding carboxylic acids is 1. The lowest BCUT2D eigenvalue weighted by atomic mass is 10.1. The van der Waals surface area contributed by atoms with Gasteiger partial charge in [0.1, 0.15) is 0 Å². The van der Waals surface area contributed by atoms with Crippen LogP contribution in [0, 0.1) is 0 Å². The molecule has 0 aliphatic carbocycles. The van der Waals surface area contributed by atoms with Crippen LogP contribution in [0.4, 0.5) is 5.69 Å². The number of carbonyl (C=O) groups is 1. The van der Waals surface area contributed by atoms with Gasteiger partial charge in [0.05, 0.1) is 17.9 Å². The largest absolute Gasteiger partial charge is 0.373 e. The molecule has 4 rings (SSSR count). The number of aromatic nitrogens is 4. The Bertz CT molecular complexity index is 1030. The number of nitrogens with one attached hydrogen (secondary N) is 1. The average molecular weight is 439 g/mol. The van der Waals surface area contributed by atoms with Gasteiger partial charge in [0.2, 0.25) is 5.16 Å². The number of hydrogen-bond donors (Lipinski definition) is 1. The van der Waals surface area contributed by atoms with Gasteiger partial charge in [-0.2, -0.15) is 4.68 Å². The predicted molar refractivity (Wildman–Crippen MR) is 121 cm³/mol. The molecular weight excluding hydrogens is 412 g/mol. The minimum absolute atomic E-state index is 0.154. The van der Waals surface area contributed by atoms with Gasteiger partial charge in [-0.15, -0.1) is 5.10 Å². The first kappa shape index (κ1) is 21.5. The third kappa shape index (κ3) is 5.30. The fourth-order valence-corrected chi connectivity index (χ4v) is 4.25. The van der Waals surface area contributed by atoms with E-state index in [1.807, 2.05) is 54.8 Å². The number of ether oxygens (including phenoxy) is 1. The molecule has 1 N–H and O–H groups in total. The molecule has 1 aliphatic heterocycles. The van der Waals surface area contributed by atoms with Crippen LogP contribution in [0.1, 0.15) is 29.8 Å². The van der Waals surface area contributed by atoms with Crippen molar-refractivity contribution in [1.29, 1.82) is 0 Å². The van der Waals surface area contributed by atoms with E-state index >= 15 is 0 Å². The summed E-state index contributed by atoms with van der Waals surface area (Å²) in [6.07, 6.45) is 2.40. The van der Waals surface area contributed by atoms with Gasteiger partial charge in [0.15, 0.2) is 0 Å². The minimum atomic E-state index is -0.154. The van der Waals surface area contributed by atoms with Crippen LogP contribution in [0.3, 0.4) is 0 Å². The van der Waals surface area contributed by atoms with Crippen molar-refractivity contribution in [3.8, 4) is 5.69 Å². The Hall–Kier alpha value is -2.75. The van der Waals surface area contributed by atoms with E-state index < -0.39 is 0 Å². The first-order valence-corrected chi connectivity index (χ1v) is 11.4. The van der Waals surface area contributed by atoms with Crippen molar-refractivity contribution in [2.24, 2.45) is 0 Å². The van der Waals surface area contributed by atoms with Gasteiger partial charge >= 0.3 is 0 Å². The Kier molecular flexibility index (Phi) is 6.64. The van der Waals surface area contributed by atoms with Crippen LogP contribution >= 0.6 is 11.8 Å². The third-order valence-electron chi connectivity index (χ3n) is 5.09. The average Bonchev–Trinajstić information content (AvgIpc) is 3.23. The molecule has 0 saturated carbocycles. The van der Waals surface area contributed by atoms with Gasteiger partial charge in [-0.3, -0.25) is 9.69 Å². The number of hydrogen-bond acceptors (Lipinski definition) is 7. The Labute approximate surface area is 186 Å². The molecule has 1 amide bonds. The van der Waals surface area contributed by atoms with Gasteiger partial charge in [-0.05, 0) is 66.4 Å². The lowest BCUT2D eigenvalue weighted by Crippen LogP contribution is -2.44. The van der Waals surface area contributed by atoms with Crippen LogP contribution in [0.5, 0.6) is 0 Å². The Morgan fingerprint density at radius 3 is 2.61 bits per heavy atom. The molecule has 31 heavy (non-hydrogen) atoms. The predicted octanol–water partition coefficient (Wildman–Crippen LogP) is 3.25. The van der Waals surface area contributed by atoms with Crippen molar-refractivity contribution in [1.82, 2.24) is 25.1 Å². The molecule has 3 aromatic rings. The lowest BCUT2D eigenvalue weighted by Gasteiger charge is -2.35. The van der Waals surface area contributed by atoms with E-state index in [9.17, 15) is 4.79 Å². The quantitative estimate of drug-likeness (QED) is 0.591. The number of benzene rings is 2. The van der Waals surface area contributed by atoms with Crippen molar-refractivity contribution < 1.29 is 9.53 Å². The topological polar surface area (TPSA) is 85.2 Å². The Balaban J connectivity index is 1.40. The maximum atomic E-state index is 12.7. The Morgan fingerprint density at radius 1 is 1.16 bits per heavy atom. The van der Waals surface area contributed by atoms with E-state index in [1.165, 1.54) is 17.3 Å². The van der Waals surface area contributed by atoms with Gasteiger partial charge < -0.3 is 10.1 Å². The third-order valence-corrected chi connectivity index (χ3v) is 5.71. The summed E-state index contributed by atoms with van der Waals surface area (Å²) in [5, 5.41) is 15.3. The van der Waals surface area contributed by atoms with Crippen molar-refractivity contribution in [2.45, 2.75) is 37.8 Å². The molecular formula is C22H26N6O2S. The summed E-state index contributed by atoms with van der Waals surface area (Å²) in [6.45, 7) is 6.90. The Morgan fingerprint density at radius 2 is 1.90 bits per heavy atom. The normalized spacial score (nSPS) is 19.3. The summed E-state index contributed by atoms with van der Waals surface area (Å²) in [4.78, 5) is 15.1. The van der Waals surface area contributed by atoms with Crippen LogP contribution < -0.4 is 5.32 Å². The van der Waals surface area contributed by atoms with Crippen LogP contribution in [0.15, 0.2) is 53.7 Å². The van der Waals surface area contributed by atoms with Crippen molar-refractivity contribution in [3.05, 3.63) is 59.7 Å². The molecule has 2 aromatic carbocycles. The molecule has 0 radical (unpaired) electrons. The second-order valence-corrected chi connectivity index (χ2v) is 8.50. The highest BCUT2D eigenvalue weighted by Gasteiger charge is 2.22. The summed E-state index contributed by atoms with van der Waals surface area (Å²) in [6, 6.07) is 15.2. The molecule has 8 nitrogen and oxygen atoms in total. The standard InChI is InChI=1S/C22H26N6O2S/c1-15-12-27(13-16(2)30-15)14-17-7-9-18(10-8-17)21(29)23-19-5-4-6-20(11-19)28-22(31-3)24-25-26-28/h4-11,15-16H,12-14H2,1-3H3,(H,23,29). The van der Waals surface area contributed by atoms with E-state index in [4.69, 9.17) is 4.74 Å². The van der Waals surface area contributed by atoms with Gasteiger partial charge in [0.25, 0.3) is 5.91 Å². The summed E-state index contributed by atoms with van der Waals surface area (Å²) in [7, 11) is 0. The number of morpholine rings is 1. The molecule has 9 heteroatoms. The highest BCUT2D eigenvalue weighted by atomic mass is 32.2. The highest BCUT2D eigenvalue weighted by Crippen LogP contribution is 2.20. The van der Waals surface area contributed by atoms with Crippen LogP contribution in [0.25, 0.3) is 5.69 Å². The fourth-order valence-electron chi connectivity index (χ4n) is 3.82.